The van der Waals surface area contributed by atoms with Gasteiger partial charge in [0, 0.05) is 10.9 Å². The van der Waals surface area contributed by atoms with Gasteiger partial charge in [0.05, 0.1) is 7.11 Å². The Balaban J connectivity index is 1.59. The SMILES string of the molecule is COc1ccc2cc(C(=O)/C=C/c3ccc(C)cc3)ccc2c1[S+](c1ccccc1)c1ccccc1. The minimum atomic E-state index is -0.372. The molecule has 0 amide bonds. The van der Waals surface area contributed by atoms with Crippen LogP contribution in [0, 0.1) is 6.92 Å². The highest BCUT2D eigenvalue weighted by atomic mass is 32.2. The number of fused-ring (bicyclic) bond motifs is 1. The standard InChI is InChI=1S/C33H27O2S/c1-24-13-15-25(16-14-24)17-21-31(34)27-18-20-30-26(23-27)19-22-32(35-2)33(30)36(28-9-5-3-6-10-28)29-11-7-4-8-12-29/h3-23H,1-2H3/q+1/b21-17+. The third-order valence-electron chi connectivity index (χ3n) is 6.11. The van der Waals surface area contributed by atoms with E-state index in [1.807, 2.05) is 66.7 Å². The van der Waals surface area contributed by atoms with Gasteiger partial charge < -0.3 is 4.74 Å². The Bertz CT molecular complexity index is 1480. The van der Waals surface area contributed by atoms with Crippen LogP contribution in [0.25, 0.3) is 16.8 Å². The van der Waals surface area contributed by atoms with Crippen molar-refractivity contribution in [1.29, 1.82) is 0 Å². The van der Waals surface area contributed by atoms with E-state index in [2.05, 4.69) is 61.5 Å². The number of ketones is 1. The highest BCUT2D eigenvalue weighted by molar-refractivity contribution is 7.97. The predicted molar refractivity (Wildman–Crippen MR) is 150 cm³/mol. The van der Waals surface area contributed by atoms with Crippen molar-refractivity contribution in [2.45, 2.75) is 21.6 Å². The zero-order valence-electron chi connectivity index (χ0n) is 20.3. The van der Waals surface area contributed by atoms with Gasteiger partial charge in [-0.3, -0.25) is 4.79 Å². The van der Waals surface area contributed by atoms with Gasteiger partial charge in [-0.25, -0.2) is 0 Å². The Hall–Kier alpha value is -4.08. The van der Waals surface area contributed by atoms with E-state index in [0.717, 1.165) is 27.0 Å². The van der Waals surface area contributed by atoms with Gasteiger partial charge in [0.1, 0.15) is 10.9 Å². The maximum absolute atomic E-state index is 13.0. The molecule has 0 fully saturated rings. The molecule has 0 saturated carbocycles. The molecule has 0 bridgehead atoms. The lowest BCUT2D eigenvalue weighted by Gasteiger charge is -2.14. The van der Waals surface area contributed by atoms with Crippen LogP contribution in [0.2, 0.25) is 0 Å². The quantitative estimate of drug-likeness (QED) is 0.132. The zero-order valence-corrected chi connectivity index (χ0v) is 21.2. The highest BCUT2D eigenvalue weighted by Gasteiger charge is 2.34. The van der Waals surface area contributed by atoms with Crippen molar-refractivity contribution in [3.05, 3.63) is 138 Å². The maximum Gasteiger partial charge on any atom is 0.216 e. The molecule has 36 heavy (non-hydrogen) atoms. The number of hydrogen-bond acceptors (Lipinski definition) is 2. The van der Waals surface area contributed by atoms with E-state index >= 15 is 0 Å². The van der Waals surface area contributed by atoms with E-state index in [1.54, 1.807) is 13.2 Å². The monoisotopic (exact) mass is 487 g/mol. The largest absolute Gasteiger partial charge is 0.491 e. The van der Waals surface area contributed by atoms with E-state index in [-0.39, 0.29) is 16.7 Å². The van der Waals surface area contributed by atoms with Gasteiger partial charge >= 0.3 is 0 Å². The first-order valence-electron chi connectivity index (χ1n) is 11.9. The van der Waals surface area contributed by atoms with Crippen molar-refractivity contribution in [3.8, 4) is 5.75 Å². The van der Waals surface area contributed by atoms with E-state index in [0.29, 0.717) is 5.56 Å². The first kappa shape index (κ1) is 23.7. The number of aryl methyl sites for hydroxylation is 1. The first-order chi connectivity index (χ1) is 17.6. The van der Waals surface area contributed by atoms with Crippen molar-refractivity contribution in [2.24, 2.45) is 0 Å². The zero-order chi connectivity index (χ0) is 24.9. The molecule has 0 aliphatic carbocycles. The Kier molecular flexibility index (Phi) is 7.01. The van der Waals surface area contributed by atoms with E-state index in [9.17, 15) is 4.79 Å². The van der Waals surface area contributed by atoms with Gasteiger partial charge in [0.15, 0.2) is 21.3 Å². The Morgan fingerprint density at radius 1 is 0.750 bits per heavy atom. The number of ether oxygens (including phenoxy) is 1. The Labute approximate surface area is 215 Å². The fourth-order valence-electron chi connectivity index (χ4n) is 4.24. The molecule has 0 atom stereocenters. The molecular weight excluding hydrogens is 460 g/mol. The molecule has 0 spiro atoms. The molecular formula is C33H27O2S+. The molecule has 0 heterocycles. The minimum Gasteiger partial charge on any atom is -0.491 e. The Morgan fingerprint density at radius 3 is 2.00 bits per heavy atom. The number of carbonyl (C=O) groups excluding carboxylic acids is 1. The fourth-order valence-corrected chi connectivity index (χ4v) is 6.60. The number of carbonyl (C=O) groups is 1. The molecule has 0 aliphatic rings. The lowest BCUT2D eigenvalue weighted by molar-refractivity contribution is 0.104. The third-order valence-corrected chi connectivity index (χ3v) is 8.42. The van der Waals surface area contributed by atoms with Crippen LogP contribution in [0.5, 0.6) is 5.75 Å². The molecule has 5 rings (SSSR count). The maximum atomic E-state index is 13.0. The number of allylic oxidation sites excluding steroid dienone is 1. The second kappa shape index (κ2) is 10.7. The van der Waals surface area contributed by atoms with Crippen molar-refractivity contribution in [3.63, 3.8) is 0 Å². The van der Waals surface area contributed by atoms with Crippen LogP contribution >= 0.6 is 0 Å². The van der Waals surface area contributed by atoms with E-state index in [1.165, 1.54) is 15.4 Å². The smallest absolute Gasteiger partial charge is 0.216 e. The summed E-state index contributed by atoms with van der Waals surface area (Å²) < 4.78 is 5.88. The average molecular weight is 488 g/mol. The molecule has 0 radical (unpaired) electrons. The molecule has 176 valence electrons. The molecule has 0 aliphatic heterocycles. The van der Waals surface area contributed by atoms with Crippen LogP contribution in [0.15, 0.2) is 136 Å². The van der Waals surface area contributed by atoms with Gasteiger partial charge in [-0.05, 0) is 66.4 Å². The molecule has 0 N–H and O–H groups in total. The van der Waals surface area contributed by atoms with Crippen LogP contribution in [0.4, 0.5) is 0 Å². The summed E-state index contributed by atoms with van der Waals surface area (Å²) in [6.45, 7) is 2.05. The summed E-state index contributed by atoms with van der Waals surface area (Å²) in [5.41, 5.74) is 2.88. The second-order valence-electron chi connectivity index (χ2n) is 8.57. The van der Waals surface area contributed by atoms with Crippen molar-refractivity contribution in [1.82, 2.24) is 0 Å². The highest BCUT2D eigenvalue weighted by Crippen LogP contribution is 2.41. The molecule has 2 nitrogen and oxygen atoms in total. The molecule has 5 aromatic carbocycles. The lowest BCUT2D eigenvalue weighted by Crippen LogP contribution is -2.08. The minimum absolute atomic E-state index is 0.0139. The molecule has 0 unspecified atom stereocenters. The summed E-state index contributed by atoms with van der Waals surface area (Å²) in [5, 5.41) is 2.11. The number of rotatable bonds is 7. The van der Waals surface area contributed by atoms with E-state index in [4.69, 9.17) is 4.74 Å². The van der Waals surface area contributed by atoms with Crippen LogP contribution in [0.3, 0.4) is 0 Å². The fraction of sp³-hybridized carbons (Fsp3) is 0.0606. The van der Waals surface area contributed by atoms with Crippen molar-refractivity contribution >= 4 is 33.5 Å². The first-order valence-corrected chi connectivity index (χ1v) is 13.1. The predicted octanol–water partition coefficient (Wildman–Crippen LogP) is 8.15. The van der Waals surface area contributed by atoms with Crippen molar-refractivity contribution < 1.29 is 9.53 Å². The van der Waals surface area contributed by atoms with Gasteiger partial charge in [0.2, 0.25) is 4.90 Å². The normalized spacial score (nSPS) is 11.3. The van der Waals surface area contributed by atoms with Gasteiger partial charge in [-0.1, -0.05) is 84.4 Å². The third kappa shape index (κ3) is 4.98. The van der Waals surface area contributed by atoms with Gasteiger partial charge in [0.25, 0.3) is 0 Å². The Morgan fingerprint density at radius 2 is 1.39 bits per heavy atom. The molecule has 0 saturated heterocycles. The summed E-state index contributed by atoms with van der Waals surface area (Å²) in [7, 11) is 1.35. The van der Waals surface area contributed by atoms with Gasteiger partial charge in [-0.2, -0.15) is 0 Å². The van der Waals surface area contributed by atoms with Crippen LogP contribution in [-0.2, 0) is 10.9 Å². The number of benzene rings is 5. The summed E-state index contributed by atoms with van der Waals surface area (Å²) in [6, 6.07) is 39.2. The molecule has 5 aromatic rings. The van der Waals surface area contributed by atoms with E-state index < -0.39 is 0 Å². The van der Waals surface area contributed by atoms with Crippen molar-refractivity contribution in [2.75, 3.05) is 7.11 Å². The molecule has 3 heteroatoms. The average Bonchev–Trinajstić information content (AvgIpc) is 2.93. The number of hydrogen-bond donors (Lipinski definition) is 0. The van der Waals surface area contributed by atoms with Gasteiger partial charge in [-0.15, -0.1) is 0 Å². The summed E-state index contributed by atoms with van der Waals surface area (Å²) >= 11 is 0. The summed E-state index contributed by atoms with van der Waals surface area (Å²) in [6.07, 6.45) is 3.52. The second-order valence-corrected chi connectivity index (χ2v) is 10.5. The lowest BCUT2D eigenvalue weighted by atomic mass is 10.0. The number of methoxy groups -OCH3 is 1. The summed E-state index contributed by atoms with van der Waals surface area (Å²) in [4.78, 5) is 16.6. The van der Waals surface area contributed by atoms with Crippen LogP contribution in [0.1, 0.15) is 21.5 Å². The summed E-state index contributed by atoms with van der Waals surface area (Å²) in [5.74, 6) is 0.830. The topological polar surface area (TPSA) is 26.3 Å². The van der Waals surface area contributed by atoms with Crippen LogP contribution < -0.4 is 4.74 Å². The molecule has 0 aromatic heterocycles. The van der Waals surface area contributed by atoms with Crippen LogP contribution in [-0.4, -0.2) is 12.9 Å².